The molecule has 5 atom stereocenters. The second-order valence-electron chi connectivity index (χ2n) is 14.2. The zero-order chi connectivity index (χ0) is 34.0. The van der Waals surface area contributed by atoms with Crippen LogP contribution in [0.15, 0.2) is 30.5 Å². The van der Waals surface area contributed by atoms with Crippen molar-refractivity contribution in [3.05, 3.63) is 47.7 Å². The van der Waals surface area contributed by atoms with Gasteiger partial charge < -0.3 is 19.5 Å². The normalized spacial score (nSPS) is 26.5. The van der Waals surface area contributed by atoms with Gasteiger partial charge in [0.1, 0.15) is 41.4 Å². The van der Waals surface area contributed by atoms with Gasteiger partial charge in [-0.15, -0.1) is 0 Å². The third kappa shape index (κ3) is 5.57. The van der Waals surface area contributed by atoms with Gasteiger partial charge in [0.25, 0.3) is 0 Å². The molecule has 9 nitrogen and oxygen atoms in total. The third-order valence-corrected chi connectivity index (χ3v) is 11.1. The van der Waals surface area contributed by atoms with Gasteiger partial charge in [-0.2, -0.15) is 9.97 Å². The number of aliphatic hydroxyl groups excluding tert-OH is 1. The number of ether oxygens (including phenoxy) is 2. The number of benzene rings is 2. The molecule has 2 aromatic carbocycles. The molecule has 258 valence electrons. The van der Waals surface area contributed by atoms with Crippen LogP contribution in [0, 0.1) is 23.5 Å². The first-order valence-corrected chi connectivity index (χ1v) is 17.4. The van der Waals surface area contributed by atoms with E-state index >= 15 is 8.78 Å². The number of anilines is 1. The Bertz CT molecular complexity index is 1960. The van der Waals surface area contributed by atoms with Crippen molar-refractivity contribution in [2.24, 2.45) is 11.8 Å². The van der Waals surface area contributed by atoms with Gasteiger partial charge in [0.05, 0.1) is 17.0 Å². The number of fused-ring (bicyclic) bond motifs is 5. The number of pyridine rings is 1. The molecule has 3 aliphatic heterocycles. The fraction of sp³-hybridized carbons (Fsp3) is 0.514. The number of halogens is 3. The lowest BCUT2D eigenvalue weighted by molar-refractivity contribution is -0.134. The first-order chi connectivity index (χ1) is 23.7. The molecule has 4 fully saturated rings. The number of esters is 1. The van der Waals surface area contributed by atoms with E-state index in [-0.39, 0.29) is 53.4 Å². The van der Waals surface area contributed by atoms with E-state index in [1.165, 1.54) is 18.3 Å². The van der Waals surface area contributed by atoms with E-state index in [4.69, 9.17) is 14.5 Å². The highest BCUT2D eigenvalue weighted by atomic mass is 19.1. The van der Waals surface area contributed by atoms with E-state index in [0.717, 1.165) is 25.8 Å². The van der Waals surface area contributed by atoms with E-state index in [1.807, 2.05) is 6.92 Å². The molecule has 0 unspecified atom stereocenters. The van der Waals surface area contributed by atoms with Gasteiger partial charge in [0, 0.05) is 50.2 Å². The molecule has 49 heavy (non-hydrogen) atoms. The molecule has 2 bridgehead atoms. The highest BCUT2D eigenvalue weighted by molar-refractivity contribution is 6.02. The number of aliphatic hydroxyl groups is 1. The van der Waals surface area contributed by atoms with E-state index in [0.29, 0.717) is 66.4 Å². The lowest BCUT2D eigenvalue weighted by Crippen LogP contribution is -2.43. The highest BCUT2D eigenvalue weighted by Crippen LogP contribution is 2.44. The number of carbonyl (C=O) groups excluding carboxylic acids is 1. The lowest BCUT2D eigenvalue weighted by atomic mass is 9.94. The van der Waals surface area contributed by atoms with E-state index < -0.39 is 35.4 Å². The first kappa shape index (κ1) is 32.2. The molecule has 0 spiro atoms. The van der Waals surface area contributed by atoms with Crippen molar-refractivity contribution in [1.29, 1.82) is 0 Å². The Hall–Kier alpha value is -4.03. The number of rotatable bonds is 8. The molecule has 1 N–H and O–H groups in total. The van der Waals surface area contributed by atoms with Crippen molar-refractivity contribution < 1.29 is 32.5 Å². The number of hydrogen-bond acceptors (Lipinski definition) is 9. The van der Waals surface area contributed by atoms with Crippen LogP contribution in [0.2, 0.25) is 0 Å². The van der Waals surface area contributed by atoms with Crippen molar-refractivity contribution in [2.75, 3.05) is 37.7 Å². The molecular weight excluding hydrogens is 635 g/mol. The number of piperidine rings is 1. The summed E-state index contributed by atoms with van der Waals surface area (Å²) in [6.45, 7) is 6.03. The Labute approximate surface area is 282 Å². The summed E-state index contributed by atoms with van der Waals surface area (Å²) >= 11 is 0. The minimum atomic E-state index is -0.932. The van der Waals surface area contributed by atoms with Gasteiger partial charge in [-0.05, 0) is 79.1 Å². The lowest BCUT2D eigenvalue weighted by Gasteiger charge is -2.34. The van der Waals surface area contributed by atoms with Gasteiger partial charge in [-0.1, -0.05) is 19.9 Å². The predicted octanol–water partition coefficient (Wildman–Crippen LogP) is 6.16. The van der Waals surface area contributed by atoms with Crippen LogP contribution in [0.5, 0.6) is 11.8 Å². The minimum absolute atomic E-state index is 0.0161. The summed E-state index contributed by atoms with van der Waals surface area (Å²) in [5.41, 5.74) is 0.116. The molecule has 8 rings (SSSR count). The number of aryl methyl sites for hydroxylation is 1. The molecule has 1 saturated carbocycles. The standard InChI is InChI=1S/C37H40F3N5O4/c1-3-25-28(39)7-6-21-12-24(49-30(47)4-2)13-26(31(21)25)33-32(40)34-27(15-41-33)35(44-16-20-10-22(17-44)29(46)11-20)43-36(42-34)48-19-37-8-5-9-45(37)18-23(38)14-37/h6-7,12-13,15,20,22-23,29,46H,3-5,8-11,14,16-19H2,1-2H3/t20-,22-,23-,29-,37+/m1/s1. The van der Waals surface area contributed by atoms with Gasteiger partial charge >= 0.3 is 12.0 Å². The maximum atomic E-state index is 17.1. The number of hydrogen-bond donors (Lipinski definition) is 1. The maximum Gasteiger partial charge on any atom is 0.319 e. The number of nitrogens with zero attached hydrogens (tertiary/aromatic N) is 5. The fourth-order valence-electron chi connectivity index (χ4n) is 8.85. The van der Waals surface area contributed by atoms with Crippen LogP contribution in [0.1, 0.15) is 57.9 Å². The van der Waals surface area contributed by atoms with Crippen LogP contribution in [0.4, 0.5) is 19.0 Å². The van der Waals surface area contributed by atoms with Crippen LogP contribution in [0.25, 0.3) is 32.9 Å². The molecule has 3 saturated heterocycles. The molecule has 0 amide bonds. The van der Waals surface area contributed by atoms with Crippen LogP contribution in [0.3, 0.4) is 0 Å². The molecule has 1 aliphatic carbocycles. The minimum Gasteiger partial charge on any atom is -0.461 e. The quantitative estimate of drug-likeness (QED) is 0.174. The number of alkyl halides is 1. The van der Waals surface area contributed by atoms with Gasteiger partial charge in [-0.3, -0.25) is 14.7 Å². The Balaban J connectivity index is 1.28. The Morgan fingerprint density at radius 3 is 2.78 bits per heavy atom. The van der Waals surface area contributed by atoms with E-state index in [2.05, 4.69) is 19.8 Å². The number of carbonyl (C=O) groups is 1. The van der Waals surface area contributed by atoms with Crippen LogP contribution in [-0.4, -0.2) is 81.5 Å². The molecular formula is C37H40F3N5O4. The van der Waals surface area contributed by atoms with Crippen molar-refractivity contribution in [3.63, 3.8) is 0 Å². The highest BCUT2D eigenvalue weighted by Gasteiger charge is 2.49. The summed E-state index contributed by atoms with van der Waals surface area (Å²) < 4.78 is 58.7. The molecule has 0 radical (unpaired) electrons. The number of aromatic nitrogens is 3. The Morgan fingerprint density at radius 2 is 1.98 bits per heavy atom. The van der Waals surface area contributed by atoms with Gasteiger partial charge in [-0.25, -0.2) is 13.2 Å². The van der Waals surface area contributed by atoms with E-state index in [1.54, 1.807) is 19.1 Å². The zero-order valence-corrected chi connectivity index (χ0v) is 27.7. The Kier molecular flexibility index (Phi) is 8.14. The van der Waals surface area contributed by atoms with Crippen LogP contribution < -0.4 is 14.4 Å². The summed E-state index contributed by atoms with van der Waals surface area (Å²) in [6.07, 6.45) is 4.41. The fourth-order valence-corrected chi connectivity index (χ4v) is 8.85. The summed E-state index contributed by atoms with van der Waals surface area (Å²) in [7, 11) is 0. The van der Waals surface area contributed by atoms with Gasteiger partial charge in [0.15, 0.2) is 5.82 Å². The van der Waals surface area contributed by atoms with Crippen molar-refractivity contribution in [3.8, 4) is 23.0 Å². The molecule has 2 aromatic heterocycles. The van der Waals surface area contributed by atoms with Gasteiger partial charge in [0.2, 0.25) is 0 Å². The van der Waals surface area contributed by atoms with Crippen molar-refractivity contribution >= 4 is 33.5 Å². The second-order valence-corrected chi connectivity index (χ2v) is 14.2. The summed E-state index contributed by atoms with van der Waals surface area (Å²) in [5.74, 6) is -0.637. The molecule has 4 aromatic rings. The second kappa shape index (κ2) is 12.4. The smallest absolute Gasteiger partial charge is 0.319 e. The average Bonchev–Trinajstić information content (AvgIpc) is 3.71. The predicted molar refractivity (Wildman–Crippen MR) is 178 cm³/mol. The summed E-state index contributed by atoms with van der Waals surface area (Å²) in [6, 6.07) is 6.09. The SMILES string of the molecule is CCC(=O)Oc1cc(-c2ncc3c(N4C[C@@H]5C[C@H](C4)[C@H](O)C5)nc(OC[C@@]45CCCN4C[C@H](F)C5)nc3c2F)c2c(CC)c(F)ccc2c1. The van der Waals surface area contributed by atoms with Crippen molar-refractivity contribution in [1.82, 2.24) is 19.9 Å². The third-order valence-electron chi connectivity index (χ3n) is 11.1. The molecule has 4 aliphatic rings. The summed E-state index contributed by atoms with van der Waals surface area (Å²) in [4.78, 5) is 30.5. The zero-order valence-electron chi connectivity index (χ0n) is 27.7. The molecule has 5 heterocycles. The largest absolute Gasteiger partial charge is 0.461 e. The monoisotopic (exact) mass is 675 g/mol. The average molecular weight is 676 g/mol. The topological polar surface area (TPSA) is 101 Å². The van der Waals surface area contributed by atoms with Crippen LogP contribution >= 0.6 is 0 Å². The molecule has 12 heteroatoms. The van der Waals surface area contributed by atoms with Crippen LogP contribution in [-0.2, 0) is 11.2 Å². The maximum absolute atomic E-state index is 17.1. The van der Waals surface area contributed by atoms with E-state index in [9.17, 15) is 14.3 Å². The van der Waals surface area contributed by atoms with Crippen molar-refractivity contribution in [2.45, 2.75) is 76.6 Å². The summed E-state index contributed by atoms with van der Waals surface area (Å²) in [5, 5.41) is 12.1. The first-order valence-electron chi connectivity index (χ1n) is 17.4. The Morgan fingerprint density at radius 1 is 1.12 bits per heavy atom.